The number of nitrogens with one attached hydrogen (secondary N) is 2. The summed E-state index contributed by atoms with van der Waals surface area (Å²) in [6.45, 7) is 4.09. The lowest BCUT2D eigenvalue weighted by molar-refractivity contribution is 0.129. The number of amides is 2. The van der Waals surface area contributed by atoms with Crippen LogP contribution in [0.4, 0.5) is 10.5 Å². The largest absolute Gasteiger partial charge is 0.477 e. The van der Waals surface area contributed by atoms with Crippen LogP contribution in [0, 0.1) is 13.8 Å². The highest BCUT2D eigenvalue weighted by molar-refractivity contribution is 5.89. The molecule has 0 atom stereocenters. The second kappa shape index (κ2) is 8.70. The topological polar surface area (TPSA) is 85.4 Å². The predicted octanol–water partition coefficient (Wildman–Crippen LogP) is 3.61. The quantitative estimate of drug-likeness (QED) is 0.840. The van der Waals surface area contributed by atoms with Crippen LogP contribution in [0.2, 0.25) is 0 Å². The Balaban J connectivity index is 1.46. The molecule has 2 aromatic rings. The number of rotatable bonds is 5. The van der Waals surface area contributed by atoms with Gasteiger partial charge in [0.05, 0.1) is 7.11 Å². The number of nitrogens with zero attached hydrogens (tertiary/aromatic N) is 2. The van der Waals surface area contributed by atoms with E-state index < -0.39 is 0 Å². The number of carbonyl (C=O) groups is 1. The molecule has 7 nitrogen and oxygen atoms in total. The summed E-state index contributed by atoms with van der Waals surface area (Å²) in [5.74, 6) is 0.814. The fourth-order valence-electron chi connectivity index (χ4n) is 3.19. The van der Waals surface area contributed by atoms with Gasteiger partial charge in [-0.15, -0.1) is 0 Å². The number of carbonyl (C=O) groups excluding carboxylic acids is 1. The standard InChI is InChI=1S/C20H26N4O3/c1-13-4-5-16(12-14(13)2)24-20(25)23-15-6-8-17(9-7-15)27-19-18(26-3)21-10-11-22-19/h4-5,10-12,15,17H,6-9H2,1-3H3,(H2,23,24,25). The summed E-state index contributed by atoms with van der Waals surface area (Å²) >= 11 is 0. The SMILES string of the molecule is COc1nccnc1OC1CCC(NC(=O)Nc2ccc(C)c(C)c2)CC1. The van der Waals surface area contributed by atoms with Crippen molar-refractivity contribution >= 4 is 11.7 Å². The monoisotopic (exact) mass is 370 g/mol. The van der Waals surface area contributed by atoms with Crippen LogP contribution in [0.1, 0.15) is 36.8 Å². The molecule has 1 fully saturated rings. The molecule has 1 aliphatic carbocycles. The lowest BCUT2D eigenvalue weighted by Gasteiger charge is -2.29. The molecule has 0 bridgehead atoms. The van der Waals surface area contributed by atoms with Crippen LogP contribution in [0.3, 0.4) is 0 Å². The van der Waals surface area contributed by atoms with E-state index in [9.17, 15) is 4.79 Å². The number of hydrogen-bond acceptors (Lipinski definition) is 5. The number of hydrogen-bond donors (Lipinski definition) is 2. The maximum absolute atomic E-state index is 12.2. The van der Waals surface area contributed by atoms with Gasteiger partial charge in [0.15, 0.2) is 0 Å². The van der Waals surface area contributed by atoms with E-state index in [1.165, 1.54) is 5.56 Å². The molecule has 0 radical (unpaired) electrons. The number of aryl methyl sites for hydroxylation is 2. The van der Waals surface area contributed by atoms with Crippen LogP contribution in [-0.4, -0.2) is 35.3 Å². The van der Waals surface area contributed by atoms with Crippen LogP contribution in [0.25, 0.3) is 0 Å². The molecular weight excluding hydrogens is 344 g/mol. The smallest absolute Gasteiger partial charge is 0.319 e. The molecule has 7 heteroatoms. The highest BCUT2D eigenvalue weighted by Gasteiger charge is 2.25. The van der Waals surface area contributed by atoms with E-state index in [2.05, 4.69) is 27.5 Å². The summed E-state index contributed by atoms with van der Waals surface area (Å²) in [6.07, 6.45) is 6.60. The Kier molecular flexibility index (Phi) is 6.11. The van der Waals surface area contributed by atoms with Gasteiger partial charge >= 0.3 is 6.03 Å². The van der Waals surface area contributed by atoms with Crippen molar-refractivity contribution in [3.05, 3.63) is 41.7 Å². The highest BCUT2D eigenvalue weighted by Crippen LogP contribution is 2.27. The number of aromatic nitrogens is 2. The van der Waals surface area contributed by atoms with Gasteiger partial charge < -0.3 is 20.1 Å². The minimum absolute atomic E-state index is 0.0523. The third-order valence-corrected chi connectivity index (χ3v) is 4.88. The first-order valence-electron chi connectivity index (χ1n) is 9.21. The molecule has 1 saturated carbocycles. The first kappa shape index (κ1) is 18.9. The second-order valence-corrected chi connectivity index (χ2v) is 6.86. The number of ether oxygens (including phenoxy) is 2. The van der Waals surface area contributed by atoms with Crippen LogP contribution >= 0.6 is 0 Å². The van der Waals surface area contributed by atoms with Crippen molar-refractivity contribution in [2.75, 3.05) is 12.4 Å². The van der Waals surface area contributed by atoms with Crippen molar-refractivity contribution in [2.45, 2.75) is 51.7 Å². The maximum atomic E-state index is 12.2. The Bertz CT molecular complexity index is 789. The number of benzene rings is 1. The van der Waals surface area contributed by atoms with E-state index in [1.54, 1.807) is 19.5 Å². The molecule has 1 aliphatic rings. The van der Waals surface area contributed by atoms with Gasteiger partial charge in [0.2, 0.25) is 0 Å². The number of urea groups is 1. The van der Waals surface area contributed by atoms with Crippen LogP contribution < -0.4 is 20.1 Å². The molecule has 0 unspecified atom stereocenters. The van der Waals surface area contributed by atoms with Gasteiger partial charge in [-0.1, -0.05) is 6.07 Å². The Morgan fingerprint density at radius 3 is 2.41 bits per heavy atom. The fourth-order valence-corrected chi connectivity index (χ4v) is 3.19. The zero-order valence-corrected chi connectivity index (χ0v) is 16.0. The van der Waals surface area contributed by atoms with Gasteiger partial charge in [-0.25, -0.2) is 14.8 Å². The Morgan fingerprint density at radius 2 is 1.74 bits per heavy atom. The molecule has 3 rings (SSSR count). The van der Waals surface area contributed by atoms with Crippen LogP contribution in [0.5, 0.6) is 11.8 Å². The van der Waals surface area contributed by atoms with Gasteiger partial charge in [-0.3, -0.25) is 0 Å². The van der Waals surface area contributed by atoms with Crippen molar-refractivity contribution in [1.29, 1.82) is 0 Å². The van der Waals surface area contributed by atoms with E-state index in [0.717, 1.165) is 36.9 Å². The third kappa shape index (κ3) is 5.09. The molecule has 144 valence electrons. The number of anilines is 1. The molecular formula is C20H26N4O3. The van der Waals surface area contributed by atoms with Crippen LogP contribution in [0.15, 0.2) is 30.6 Å². The summed E-state index contributed by atoms with van der Waals surface area (Å²) in [5.41, 5.74) is 3.17. The molecule has 1 aromatic carbocycles. The van der Waals surface area contributed by atoms with E-state index in [1.807, 2.05) is 25.1 Å². The molecule has 0 saturated heterocycles. The van der Waals surface area contributed by atoms with Gasteiger partial charge in [0.1, 0.15) is 6.10 Å². The normalized spacial score (nSPS) is 19.2. The summed E-state index contributed by atoms with van der Waals surface area (Å²) in [5, 5.41) is 5.96. The minimum atomic E-state index is -0.168. The average Bonchev–Trinajstić information content (AvgIpc) is 2.67. The third-order valence-electron chi connectivity index (χ3n) is 4.88. The Labute approximate surface area is 159 Å². The summed E-state index contributed by atoms with van der Waals surface area (Å²) in [6, 6.07) is 5.88. The predicted molar refractivity (Wildman–Crippen MR) is 103 cm³/mol. The highest BCUT2D eigenvalue weighted by atomic mass is 16.5. The zero-order valence-electron chi connectivity index (χ0n) is 16.0. The molecule has 1 heterocycles. The van der Waals surface area contributed by atoms with Crippen LogP contribution in [-0.2, 0) is 0 Å². The van der Waals surface area contributed by atoms with Crippen molar-refractivity contribution < 1.29 is 14.3 Å². The fraction of sp³-hybridized carbons (Fsp3) is 0.450. The molecule has 2 N–H and O–H groups in total. The lowest BCUT2D eigenvalue weighted by Crippen LogP contribution is -2.41. The summed E-state index contributed by atoms with van der Waals surface area (Å²) < 4.78 is 11.1. The first-order chi connectivity index (χ1) is 13.0. The first-order valence-corrected chi connectivity index (χ1v) is 9.21. The van der Waals surface area contributed by atoms with E-state index in [-0.39, 0.29) is 18.2 Å². The van der Waals surface area contributed by atoms with Crippen molar-refractivity contribution in [3.8, 4) is 11.8 Å². The minimum Gasteiger partial charge on any atom is -0.477 e. The van der Waals surface area contributed by atoms with Crippen molar-refractivity contribution in [1.82, 2.24) is 15.3 Å². The summed E-state index contributed by atoms with van der Waals surface area (Å²) in [7, 11) is 1.55. The maximum Gasteiger partial charge on any atom is 0.319 e. The van der Waals surface area contributed by atoms with E-state index >= 15 is 0 Å². The lowest BCUT2D eigenvalue weighted by atomic mass is 9.93. The molecule has 0 spiro atoms. The van der Waals surface area contributed by atoms with Gasteiger partial charge in [-0.05, 0) is 62.8 Å². The Morgan fingerprint density at radius 1 is 1.04 bits per heavy atom. The molecule has 0 aliphatic heterocycles. The number of methoxy groups -OCH3 is 1. The second-order valence-electron chi connectivity index (χ2n) is 6.86. The molecule has 27 heavy (non-hydrogen) atoms. The van der Waals surface area contributed by atoms with E-state index in [0.29, 0.717) is 11.8 Å². The Hall–Kier alpha value is -2.83. The average molecular weight is 370 g/mol. The summed E-state index contributed by atoms with van der Waals surface area (Å²) in [4.78, 5) is 20.5. The van der Waals surface area contributed by atoms with Crippen molar-refractivity contribution in [3.63, 3.8) is 0 Å². The van der Waals surface area contributed by atoms with E-state index in [4.69, 9.17) is 9.47 Å². The van der Waals surface area contributed by atoms with Gasteiger partial charge in [-0.2, -0.15) is 0 Å². The van der Waals surface area contributed by atoms with Gasteiger partial charge in [0, 0.05) is 24.1 Å². The zero-order chi connectivity index (χ0) is 19.2. The molecule has 1 aromatic heterocycles. The molecule has 2 amide bonds. The van der Waals surface area contributed by atoms with Gasteiger partial charge in [0.25, 0.3) is 11.8 Å². The van der Waals surface area contributed by atoms with Crippen molar-refractivity contribution in [2.24, 2.45) is 0 Å².